The Labute approximate surface area is 194 Å². The SMILES string of the molecule is N=C(N)c1cccc(N2CCCCN(C3CCN(S(=O)(=O)c4ccc(N)cc4)CC3)C2=O)c1. The summed E-state index contributed by atoms with van der Waals surface area (Å²) in [7, 11) is -3.59. The molecule has 0 unspecified atom stereocenters. The highest BCUT2D eigenvalue weighted by atomic mass is 32.2. The number of urea groups is 1. The number of carbonyl (C=O) groups excluding carboxylic acids is 1. The van der Waals surface area contributed by atoms with Gasteiger partial charge in [0.2, 0.25) is 10.0 Å². The summed E-state index contributed by atoms with van der Waals surface area (Å²) in [6, 6.07) is 13.3. The number of piperidine rings is 1. The number of hydrogen-bond donors (Lipinski definition) is 3. The van der Waals surface area contributed by atoms with Gasteiger partial charge in [-0.15, -0.1) is 0 Å². The van der Waals surface area contributed by atoms with E-state index < -0.39 is 10.0 Å². The number of benzene rings is 2. The maximum atomic E-state index is 13.5. The van der Waals surface area contributed by atoms with Gasteiger partial charge in [-0.3, -0.25) is 10.3 Å². The van der Waals surface area contributed by atoms with E-state index in [9.17, 15) is 13.2 Å². The second-order valence-electron chi connectivity index (χ2n) is 8.50. The highest BCUT2D eigenvalue weighted by Gasteiger charge is 2.35. The minimum Gasteiger partial charge on any atom is -0.399 e. The molecule has 2 aliphatic rings. The molecule has 9 nitrogen and oxygen atoms in total. The predicted molar refractivity (Wildman–Crippen MR) is 129 cm³/mol. The van der Waals surface area contributed by atoms with Crippen molar-refractivity contribution in [1.82, 2.24) is 9.21 Å². The molecule has 2 amide bonds. The zero-order valence-corrected chi connectivity index (χ0v) is 19.3. The van der Waals surface area contributed by atoms with Gasteiger partial charge in [0.05, 0.1) is 4.90 Å². The van der Waals surface area contributed by atoms with E-state index in [2.05, 4.69) is 0 Å². The van der Waals surface area contributed by atoms with E-state index in [1.165, 1.54) is 16.4 Å². The third-order valence-electron chi connectivity index (χ3n) is 6.36. The molecule has 2 aliphatic heterocycles. The maximum absolute atomic E-state index is 13.5. The zero-order chi connectivity index (χ0) is 23.6. The number of rotatable bonds is 5. The number of amidine groups is 1. The first-order valence-electron chi connectivity index (χ1n) is 11.2. The van der Waals surface area contributed by atoms with Gasteiger partial charge in [0.1, 0.15) is 5.84 Å². The fraction of sp³-hybridized carbons (Fsp3) is 0.391. The first kappa shape index (κ1) is 23.1. The zero-order valence-electron chi connectivity index (χ0n) is 18.5. The minimum atomic E-state index is -3.59. The van der Waals surface area contributed by atoms with Crippen molar-refractivity contribution in [2.75, 3.05) is 36.8 Å². The molecule has 0 aromatic heterocycles. The number of nitrogens with one attached hydrogen (secondary N) is 1. The summed E-state index contributed by atoms with van der Waals surface area (Å²) in [5.41, 5.74) is 13.1. The van der Waals surface area contributed by atoms with Crippen LogP contribution in [0.2, 0.25) is 0 Å². The molecule has 0 radical (unpaired) electrons. The van der Waals surface area contributed by atoms with Crippen molar-refractivity contribution in [3.8, 4) is 0 Å². The Morgan fingerprint density at radius 2 is 1.64 bits per heavy atom. The fourth-order valence-corrected chi connectivity index (χ4v) is 5.97. The average Bonchev–Trinajstić information content (AvgIpc) is 3.01. The lowest BCUT2D eigenvalue weighted by Crippen LogP contribution is -2.52. The van der Waals surface area contributed by atoms with Crippen molar-refractivity contribution in [3.63, 3.8) is 0 Å². The molecule has 0 atom stereocenters. The lowest BCUT2D eigenvalue weighted by Gasteiger charge is -2.39. The molecule has 0 spiro atoms. The van der Waals surface area contributed by atoms with E-state index in [1.54, 1.807) is 35.2 Å². The highest BCUT2D eigenvalue weighted by Crippen LogP contribution is 2.28. The molecule has 2 aromatic carbocycles. The summed E-state index contributed by atoms with van der Waals surface area (Å²) in [5, 5.41) is 7.69. The molecule has 2 fully saturated rings. The Morgan fingerprint density at radius 1 is 0.970 bits per heavy atom. The van der Waals surface area contributed by atoms with Crippen LogP contribution in [0.15, 0.2) is 53.4 Å². The van der Waals surface area contributed by atoms with Gasteiger partial charge < -0.3 is 16.4 Å². The third-order valence-corrected chi connectivity index (χ3v) is 8.27. The van der Waals surface area contributed by atoms with E-state index in [0.29, 0.717) is 50.3 Å². The van der Waals surface area contributed by atoms with E-state index >= 15 is 0 Å². The molecule has 2 saturated heterocycles. The number of nitrogen functional groups attached to an aromatic ring is 2. The largest absolute Gasteiger partial charge is 0.399 e. The van der Waals surface area contributed by atoms with Gasteiger partial charge in [-0.05, 0) is 62.1 Å². The molecule has 0 bridgehead atoms. The second kappa shape index (κ2) is 9.40. The second-order valence-corrected chi connectivity index (χ2v) is 10.4. The summed E-state index contributed by atoms with van der Waals surface area (Å²) in [6.45, 7) is 1.97. The normalized spacial score (nSPS) is 18.8. The standard InChI is InChI=1S/C23H30N6O3S/c24-18-6-8-21(9-7-18)33(31,32)27-14-10-19(11-15-27)28-12-1-2-13-29(23(28)30)20-5-3-4-17(16-20)22(25)26/h3-9,16,19H,1-2,10-15,24H2,(H3,25,26). The van der Waals surface area contributed by atoms with E-state index in [4.69, 9.17) is 16.9 Å². The van der Waals surface area contributed by atoms with Crippen LogP contribution in [0.1, 0.15) is 31.2 Å². The van der Waals surface area contributed by atoms with Gasteiger partial charge in [0.25, 0.3) is 0 Å². The van der Waals surface area contributed by atoms with Crippen LogP contribution in [0.5, 0.6) is 0 Å². The molecule has 5 N–H and O–H groups in total. The Hall–Kier alpha value is -3.11. The molecule has 2 aromatic rings. The molecule has 176 valence electrons. The molecule has 0 aliphatic carbocycles. The van der Waals surface area contributed by atoms with Gasteiger partial charge >= 0.3 is 6.03 Å². The molecule has 4 rings (SSSR count). The summed E-state index contributed by atoms with van der Waals surface area (Å²) in [5.74, 6) is -0.0364. The number of sulfonamides is 1. The predicted octanol–water partition coefficient (Wildman–Crippen LogP) is 2.43. The van der Waals surface area contributed by atoms with Gasteiger partial charge in [-0.2, -0.15) is 4.31 Å². The number of nitrogens with zero attached hydrogens (tertiary/aromatic N) is 3. The highest BCUT2D eigenvalue weighted by molar-refractivity contribution is 7.89. The number of anilines is 2. The molecule has 2 heterocycles. The first-order chi connectivity index (χ1) is 15.8. The van der Waals surface area contributed by atoms with Crippen LogP contribution in [0.25, 0.3) is 0 Å². The Bertz CT molecular complexity index is 1130. The van der Waals surface area contributed by atoms with Crippen molar-refractivity contribution in [1.29, 1.82) is 5.41 Å². The van der Waals surface area contributed by atoms with Crippen molar-refractivity contribution in [2.24, 2.45) is 5.73 Å². The quantitative estimate of drug-likeness (QED) is 0.350. The molecule has 0 saturated carbocycles. The van der Waals surface area contributed by atoms with Crippen molar-refractivity contribution >= 4 is 33.3 Å². The number of hydrogen-bond acceptors (Lipinski definition) is 5. The summed E-state index contributed by atoms with van der Waals surface area (Å²) in [4.78, 5) is 17.4. The smallest absolute Gasteiger partial charge is 0.324 e. The van der Waals surface area contributed by atoms with Gasteiger partial charge in [-0.25, -0.2) is 13.2 Å². The molecule has 10 heteroatoms. The van der Waals surface area contributed by atoms with Crippen molar-refractivity contribution in [2.45, 2.75) is 36.6 Å². The average molecular weight is 471 g/mol. The topological polar surface area (TPSA) is 137 Å². The van der Waals surface area contributed by atoms with Crippen LogP contribution < -0.4 is 16.4 Å². The van der Waals surface area contributed by atoms with Crippen molar-refractivity contribution in [3.05, 3.63) is 54.1 Å². The Kier molecular flexibility index (Phi) is 6.57. The van der Waals surface area contributed by atoms with Crippen LogP contribution in [-0.4, -0.2) is 61.7 Å². The van der Waals surface area contributed by atoms with Crippen LogP contribution in [0.4, 0.5) is 16.2 Å². The van der Waals surface area contributed by atoms with Crippen LogP contribution in [0.3, 0.4) is 0 Å². The Balaban J connectivity index is 1.47. The lowest BCUT2D eigenvalue weighted by molar-refractivity contribution is 0.153. The van der Waals surface area contributed by atoms with Gasteiger partial charge in [0.15, 0.2) is 0 Å². The van der Waals surface area contributed by atoms with E-state index in [-0.39, 0.29) is 22.8 Å². The summed E-state index contributed by atoms with van der Waals surface area (Å²) >= 11 is 0. The van der Waals surface area contributed by atoms with Crippen LogP contribution in [-0.2, 0) is 10.0 Å². The fourth-order valence-electron chi connectivity index (χ4n) is 4.50. The minimum absolute atomic E-state index is 0.0213. The van der Waals surface area contributed by atoms with E-state index in [1.807, 2.05) is 11.0 Å². The maximum Gasteiger partial charge on any atom is 0.324 e. The van der Waals surface area contributed by atoms with Crippen LogP contribution >= 0.6 is 0 Å². The molecular formula is C23H30N6O3S. The number of carbonyl (C=O) groups is 1. The van der Waals surface area contributed by atoms with E-state index in [0.717, 1.165) is 18.5 Å². The monoisotopic (exact) mass is 470 g/mol. The summed E-state index contributed by atoms with van der Waals surface area (Å²) in [6.07, 6.45) is 2.93. The molecular weight excluding hydrogens is 440 g/mol. The third kappa shape index (κ3) is 4.81. The number of amides is 2. The van der Waals surface area contributed by atoms with Crippen LogP contribution in [0, 0.1) is 5.41 Å². The first-order valence-corrected chi connectivity index (χ1v) is 12.6. The summed E-state index contributed by atoms with van der Waals surface area (Å²) < 4.78 is 27.5. The number of nitrogens with two attached hydrogens (primary N) is 2. The van der Waals surface area contributed by atoms with Gasteiger partial charge in [0, 0.05) is 49.2 Å². The molecule has 33 heavy (non-hydrogen) atoms. The Morgan fingerprint density at radius 3 is 2.30 bits per heavy atom. The van der Waals surface area contributed by atoms with Gasteiger partial charge in [-0.1, -0.05) is 12.1 Å². The lowest BCUT2D eigenvalue weighted by atomic mass is 10.0. The van der Waals surface area contributed by atoms with Crippen molar-refractivity contribution < 1.29 is 13.2 Å².